The van der Waals surface area contributed by atoms with Gasteiger partial charge in [0, 0.05) is 6.54 Å². The molecule has 1 aromatic rings. The third-order valence-corrected chi connectivity index (χ3v) is 2.55. The normalized spacial score (nSPS) is 9.69. The summed E-state index contributed by atoms with van der Waals surface area (Å²) in [4.78, 5) is 3.90. The molecule has 0 bridgehead atoms. The van der Waals surface area contributed by atoms with E-state index in [2.05, 4.69) is 11.9 Å². The Morgan fingerprint density at radius 2 is 1.94 bits per heavy atom. The van der Waals surface area contributed by atoms with Crippen molar-refractivity contribution in [1.29, 1.82) is 10.5 Å². The fourth-order valence-electron chi connectivity index (χ4n) is 1.64. The fourth-order valence-corrected chi connectivity index (χ4v) is 1.64. The van der Waals surface area contributed by atoms with Crippen LogP contribution in [0, 0.1) is 22.7 Å². The fraction of sp³-hybridized carbons (Fsp3) is 0.583. The average Bonchev–Trinajstić information content (AvgIpc) is 2.71. The van der Waals surface area contributed by atoms with Crippen LogP contribution in [-0.2, 0) is 6.54 Å². The monoisotopic (exact) mass is 216 g/mol. The molecule has 0 aliphatic rings. The number of nitriles is 2. The molecule has 0 aliphatic carbocycles. The second kappa shape index (κ2) is 6.63. The highest BCUT2D eigenvalue weighted by atomic mass is 15.1. The molecule has 0 aromatic carbocycles. The summed E-state index contributed by atoms with van der Waals surface area (Å²) in [6.45, 7) is 2.96. The van der Waals surface area contributed by atoms with Gasteiger partial charge in [0.25, 0.3) is 0 Å². The molecular weight excluding hydrogens is 200 g/mol. The van der Waals surface area contributed by atoms with Crippen LogP contribution in [0.5, 0.6) is 0 Å². The van der Waals surface area contributed by atoms with Gasteiger partial charge in [-0.1, -0.05) is 32.6 Å². The van der Waals surface area contributed by atoms with Crippen LogP contribution >= 0.6 is 0 Å². The van der Waals surface area contributed by atoms with Crippen LogP contribution in [0.1, 0.15) is 50.4 Å². The van der Waals surface area contributed by atoms with Gasteiger partial charge < -0.3 is 4.57 Å². The minimum Gasteiger partial charge on any atom is -0.321 e. The van der Waals surface area contributed by atoms with Crippen molar-refractivity contribution in [1.82, 2.24) is 9.55 Å². The van der Waals surface area contributed by atoms with E-state index in [4.69, 9.17) is 10.5 Å². The Labute approximate surface area is 96.1 Å². The maximum atomic E-state index is 8.90. The summed E-state index contributed by atoms with van der Waals surface area (Å²) >= 11 is 0. The maximum Gasteiger partial charge on any atom is 0.176 e. The average molecular weight is 216 g/mol. The number of rotatable bonds is 6. The summed E-state index contributed by atoms with van der Waals surface area (Å²) in [6.07, 6.45) is 7.51. The van der Waals surface area contributed by atoms with Gasteiger partial charge in [0.1, 0.15) is 12.1 Å². The van der Waals surface area contributed by atoms with Gasteiger partial charge in [0.2, 0.25) is 0 Å². The van der Waals surface area contributed by atoms with Crippen molar-refractivity contribution in [3.05, 3.63) is 17.7 Å². The van der Waals surface area contributed by atoms with E-state index in [1.807, 2.05) is 12.1 Å². The SMILES string of the molecule is CCCCCCCn1cnc(C#N)c1C#N. The number of aromatic nitrogens is 2. The second-order valence-electron chi connectivity index (χ2n) is 3.77. The highest BCUT2D eigenvalue weighted by molar-refractivity contribution is 5.35. The molecule has 4 nitrogen and oxygen atoms in total. The molecule has 0 saturated carbocycles. The van der Waals surface area contributed by atoms with Gasteiger partial charge in [-0.15, -0.1) is 0 Å². The van der Waals surface area contributed by atoms with Crippen LogP contribution in [0.4, 0.5) is 0 Å². The molecule has 0 spiro atoms. The van der Waals surface area contributed by atoms with Gasteiger partial charge in [-0.05, 0) is 6.42 Å². The molecule has 0 saturated heterocycles. The Balaban J connectivity index is 2.46. The van der Waals surface area contributed by atoms with Gasteiger partial charge in [0.15, 0.2) is 11.4 Å². The molecule has 0 amide bonds. The smallest absolute Gasteiger partial charge is 0.176 e. The lowest BCUT2D eigenvalue weighted by atomic mass is 10.1. The van der Waals surface area contributed by atoms with E-state index in [-0.39, 0.29) is 5.69 Å². The summed E-state index contributed by atoms with van der Waals surface area (Å²) in [6, 6.07) is 3.95. The number of imidazole rings is 1. The van der Waals surface area contributed by atoms with Gasteiger partial charge in [-0.3, -0.25) is 0 Å². The number of hydrogen-bond donors (Lipinski definition) is 0. The van der Waals surface area contributed by atoms with Crippen LogP contribution in [0.15, 0.2) is 6.33 Å². The van der Waals surface area contributed by atoms with E-state index < -0.39 is 0 Å². The summed E-state index contributed by atoms with van der Waals surface area (Å²) in [5.74, 6) is 0. The van der Waals surface area contributed by atoms with Gasteiger partial charge in [-0.2, -0.15) is 10.5 Å². The van der Waals surface area contributed by atoms with Crippen LogP contribution < -0.4 is 0 Å². The van der Waals surface area contributed by atoms with Crippen molar-refractivity contribution >= 4 is 0 Å². The molecule has 0 fully saturated rings. The van der Waals surface area contributed by atoms with Crippen molar-refractivity contribution in [3.8, 4) is 12.1 Å². The second-order valence-corrected chi connectivity index (χ2v) is 3.77. The molecule has 84 valence electrons. The first-order valence-electron chi connectivity index (χ1n) is 5.68. The first kappa shape index (κ1) is 12.3. The van der Waals surface area contributed by atoms with Gasteiger partial charge >= 0.3 is 0 Å². The van der Waals surface area contributed by atoms with E-state index in [9.17, 15) is 0 Å². The number of aryl methyl sites for hydroxylation is 1. The lowest BCUT2D eigenvalue weighted by Gasteiger charge is -2.03. The number of unbranched alkanes of at least 4 members (excludes halogenated alkanes) is 4. The summed E-state index contributed by atoms with van der Waals surface area (Å²) in [5.41, 5.74) is 0.619. The van der Waals surface area contributed by atoms with Crippen molar-refractivity contribution in [2.24, 2.45) is 0 Å². The molecule has 0 N–H and O–H groups in total. The van der Waals surface area contributed by atoms with Gasteiger partial charge in [0.05, 0.1) is 6.33 Å². The van der Waals surface area contributed by atoms with E-state index in [1.165, 1.54) is 25.7 Å². The van der Waals surface area contributed by atoms with Crippen LogP contribution in [0.3, 0.4) is 0 Å². The molecule has 1 rings (SSSR count). The Morgan fingerprint density at radius 1 is 1.19 bits per heavy atom. The van der Waals surface area contributed by atoms with E-state index in [0.717, 1.165) is 13.0 Å². The molecule has 1 heterocycles. The van der Waals surface area contributed by atoms with Crippen molar-refractivity contribution in [2.45, 2.75) is 45.6 Å². The molecule has 0 atom stereocenters. The third kappa shape index (κ3) is 3.10. The van der Waals surface area contributed by atoms with Crippen molar-refractivity contribution in [3.63, 3.8) is 0 Å². The van der Waals surface area contributed by atoms with E-state index in [0.29, 0.717) is 5.69 Å². The van der Waals surface area contributed by atoms with Crippen LogP contribution in [-0.4, -0.2) is 9.55 Å². The molecule has 0 aliphatic heterocycles. The van der Waals surface area contributed by atoms with Crippen molar-refractivity contribution < 1.29 is 0 Å². The lowest BCUT2D eigenvalue weighted by Crippen LogP contribution is -2.00. The Bertz CT molecular complexity index is 406. The minimum absolute atomic E-state index is 0.232. The zero-order valence-corrected chi connectivity index (χ0v) is 9.61. The third-order valence-electron chi connectivity index (χ3n) is 2.55. The molecule has 0 radical (unpaired) electrons. The maximum absolute atomic E-state index is 8.90. The van der Waals surface area contributed by atoms with Crippen LogP contribution in [0.25, 0.3) is 0 Å². The Morgan fingerprint density at radius 3 is 2.56 bits per heavy atom. The molecule has 1 aromatic heterocycles. The highest BCUT2D eigenvalue weighted by Crippen LogP contribution is 2.08. The number of hydrogen-bond acceptors (Lipinski definition) is 3. The van der Waals surface area contributed by atoms with Gasteiger partial charge in [-0.25, -0.2) is 4.98 Å². The van der Waals surface area contributed by atoms with E-state index >= 15 is 0 Å². The predicted octanol–water partition coefficient (Wildman–Crippen LogP) is 2.60. The van der Waals surface area contributed by atoms with E-state index in [1.54, 1.807) is 10.9 Å². The quantitative estimate of drug-likeness (QED) is 0.686. The zero-order valence-electron chi connectivity index (χ0n) is 9.61. The minimum atomic E-state index is 0.232. The molecule has 0 unspecified atom stereocenters. The summed E-state index contributed by atoms with van der Waals surface area (Å²) in [7, 11) is 0. The zero-order chi connectivity index (χ0) is 11.8. The molecule has 4 heteroatoms. The summed E-state index contributed by atoms with van der Waals surface area (Å²) in [5, 5.41) is 17.6. The largest absolute Gasteiger partial charge is 0.321 e. The predicted molar refractivity (Wildman–Crippen MR) is 60.4 cm³/mol. The standard InChI is InChI=1S/C12H16N4/c1-2-3-4-5-6-7-16-10-15-11(8-13)12(16)9-14/h10H,2-7H2,1H3. The molecule has 16 heavy (non-hydrogen) atoms. The van der Waals surface area contributed by atoms with Crippen molar-refractivity contribution in [2.75, 3.05) is 0 Å². The highest BCUT2D eigenvalue weighted by Gasteiger charge is 2.08. The number of nitrogens with zero attached hydrogens (tertiary/aromatic N) is 4. The first-order chi connectivity index (χ1) is 7.83. The topological polar surface area (TPSA) is 65.4 Å². The van der Waals surface area contributed by atoms with Crippen LogP contribution in [0.2, 0.25) is 0 Å². The lowest BCUT2D eigenvalue weighted by molar-refractivity contribution is 0.565. The Kier molecular flexibility index (Phi) is 5.08. The first-order valence-corrected chi connectivity index (χ1v) is 5.68. The Hall–Kier alpha value is -1.81. The summed E-state index contributed by atoms with van der Waals surface area (Å²) < 4.78 is 1.77. The molecular formula is C12H16N4.